The van der Waals surface area contributed by atoms with Crippen LogP contribution in [0, 0.1) is 5.92 Å². The molecule has 2 unspecified atom stereocenters. The highest BCUT2D eigenvalue weighted by atomic mass is 16.3. The van der Waals surface area contributed by atoms with Gasteiger partial charge in [0.05, 0.1) is 6.61 Å². The first-order chi connectivity index (χ1) is 9.02. The summed E-state index contributed by atoms with van der Waals surface area (Å²) in [6, 6.07) is -0.408. The van der Waals surface area contributed by atoms with Crippen LogP contribution >= 0.6 is 0 Å². The van der Waals surface area contributed by atoms with Crippen LogP contribution in [0.2, 0.25) is 0 Å². The van der Waals surface area contributed by atoms with Gasteiger partial charge in [0.25, 0.3) is 0 Å². The van der Waals surface area contributed by atoms with E-state index in [1.54, 1.807) is 6.92 Å². The van der Waals surface area contributed by atoms with Crippen molar-refractivity contribution in [3.63, 3.8) is 0 Å². The minimum Gasteiger partial charge on any atom is -0.394 e. The molecule has 19 heavy (non-hydrogen) atoms. The summed E-state index contributed by atoms with van der Waals surface area (Å²) in [6.45, 7) is 3.50. The van der Waals surface area contributed by atoms with Crippen molar-refractivity contribution in [2.75, 3.05) is 6.61 Å². The Labute approximate surface area is 115 Å². The Morgan fingerprint density at radius 1 is 1.11 bits per heavy atom. The van der Waals surface area contributed by atoms with Gasteiger partial charge in [-0.05, 0) is 26.7 Å². The number of aliphatic hydroxyl groups is 1. The summed E-state index contributed by atoms with van der Waals surface area (Å²) in [6.07, 6.45) is 5.66. The first kappa shape index (κ1) is 16.0. The van der Waals surface area contributed by atoms with Crippen LogP contribution in [0.15, 0.2) is 0 Å². The lowest BCUT2D eigenvalue weighted by atomic mass is 9.88. The Bertz CT molecular complexity index is 301. The number of hydrogen-bond acceptors (Lipinski definition) is 3. The van der Waals surface area contributed by atoms with E-state index < -0.39 is 0 Å². The largest absolute Gasteiger partial charge is 0.394 e. The van der Waals surface area contributed by atoms with Crippen molar-refractivity contribution >= 4 is 11.8 Å². The van der Waals surface area contributed by atoms with E-state index in [2.05, 4.69) is 10.6 Å². The Hall–Kier alpha value is -1.10. The first-order valence-corrected chi connectivity index (χ1v) is 7.23. The van der Waals surface area contributed by atoms with E-state index in [4.69, 9.17) is 5.11 Å². The van der Waals surface area contributed by atoms with Crippen LogP contribution < -0.4 is 10.6 Å². The first-order valence-electron chi connectivity index (χ1n) is 7.23. The van der Waals surface area contributed by atoms with Crippen LogP contribution in [0.5, 0.6) is 0 Å². The van der Waals surface area contributed by atoms with Crippen molar-refractivity contribution in [2.24, 2.45) is 5.92 Å². The van der Waals surface area contributed by atoms with Gasteiger partial charge in [0.1, 0.15) is 0 Å². The van der Waals surface area contributed by atoms with Gasteiger partial charge in [-0.3, -0.25) is 9.59 Å². The van der Waals surface area contributed by atoms with Crippen molar-refractivity contribution in [2.45, 2.75) is 64.5 Å². The summed E-state index contributed by atoms with van der Waals surface area (Å²) in [5, 5.41) is 14.4. The fourth-order valence-corrected chi connectivity index (χ4v) is 2.43. The lowest BCUT2D eigenvalue weighted by Gasteiger charge is -2.23. The topological polar surface area (TPSA) is 78.4 Å². The highest BCUT2D eigenvalue weighted by Crippen LogP contribution is 2.23. The molecular formula is C14H26N2O3. The zero-order valence-corrected chi connectivity index (χ0v) is 11.9. The predicted molar refractivity (Wildman–Crippen MR) is 73.5 cm³/mol. The van der Waals surface area contributed by atoms with Crippen molar-refractivity contribution in [1.29, 1.82) is 0 Å². The van der Waals surface area contributed by atoms with E-state index in [1.807, 2.05) is 6.92 Å². The van der Waals surface area contributed by atoms with Gasteiger partial charge in [0.15, 0.2) is 0 Å². The van der Waals surface area contributed by atoms with Gasteiger partial charge in [0, 0.05) is 24.4 Å². The van der Waals surface area contributed by atoms with Crippen molar-refractivity contribution in [3.8, 4) is 0 Å². The second kappa shape index (κ2) is 8.15. The fraction of sp³-hybridized carbons (Fsp3) is 0.857. The summed E-state index contributed by atoms with van der Waals surface area (Å²) in [4.78, 5) is 23.6. The quantitative estimate of drug-likeness (QED) is 0.672. The molecule has 2 atom stereocenters. The molecule has 0 radical (unpaired) electrons. The van der Waals surface area contributed by atoms with Crippen LogP contribution in [0.25, 0.3) is 0 Å². The van der Waals surface area contributed by atoms with Crippen LogP contribution in [-0.4, -0.2) is 35.6 Å². The Morgan fingerprint density at radius 2 is 1.74 bits per heavy atom. The maximum absolute atomic E-state index is 12.0. The maximum atomic E-state index is 12.0. The van der Waals surface area contributed by atoms with Gasteiger partial charge in [-0.15, -0.1) is 0 Å². The predicted octanol–water partition coefficient (Wildman–Crippen LogP) is 0.958. The molecule has 0 aromatic carbocycles. The molecule has 3 N–H and O–H groups in total. The Kier molecular flexibility index (Phi) is 6.84. The molecular weight excluding hydrogens is 244 g/mol. The average Bonchev–Trinajstić information content (AvgIpc) is 2.39. The van der Waals surface area contributed by atoms with Gasteiger partial charge < -0.3 is 15.7 Å². The highest BCUT2D eigenvalue weighted by molar-refractivity contribution is 5.81. The third-order valence-corrected chi connectivity index (χ3v) is 3.54. The van der Waals surface area contributed by atoms with E-state index in [0.29, 0.717) is 0 Å². The van der Waals surface area contributed by atoms with Crippen LogP contribution in [0.4, 0.5) is 0 Å². The van der Waals surface area contributed by atoms with Gasteiger partial charge in [0.2, 0.25) is 11.8 Å². The summed E-state index contributed by atoms with van der Waals surface area (Å²) in [7, 11) is 0. The molecule has 2 amide bonds. The molecule has 110 valence electrons. The molecule has 0 aromatic rings. The second-order valence-corrected chi connectivity index (χ2v) is 5.60. The molecule has 0 aromatic heterocycles. The lowest BCUT2D eigenvalue weighted by Crippen LogP contribution is -2.42. The summed E-state index contributed by atoms with van der Waals surface area (Å²) < 4.78 is 0. The third-order valence-electron chi connectivity index (χ3n) is 3.54. The number of carbonyl (C=O) groups excluding carboxylic acids is 2. The lowest BCUT2D eigenvalue weighted by molar-refractivity contribution is -0.127. The normalized spacial score (nSPS) is 19.5. The van der Waals surface area contributed by atoms with Crippen LogP contribution in [0.1, 0.15) is 52.4 Å². The molecule has 5 heteroatoms. The van der Waals surface area contributed by atoms with Crippen LogP contribution in [0.3, 0.4) is 0 Å². The van der Waals surface area contributed by atoms with Gasteiger partial charge in [-0.1, -0.05) is 19.3 Å². The summed E-state index contributed by atoms with van der Waals surface area (Å²) in [5.74, 6) is 0.0591. The molecule has 0 spiro atoms. The Balaban J connectivity index is 2.27. The molecule has 1 saturated carbocycles. The van der Waals surface area contributed by atoms with Gasteiger partial charge >= 0.3 is 0 Å². The van der Waals surface area contributed by atoms with E-state index in [1.165, 1.54) is 6.42 Å². The zero-order chi connectivity index (χ0) is 14.3. The molecule has 0 bridgehead atoms. The standard InChI is InChI=1S/C14H26N2O3/c1-10(8-13(18)15-11(2)9-17)16-14(19)12-6-4-3-5-7-12/h10-12,17H,3-9H2,1-2H3,(H,15,18)(H,16,19). The monoisotopic (exact) mass is 270 g/mol. The minimum atomic E-state index is -0.242. The van der Waals surface area contributed by atoms with E-state index >= 15 is 0 Å². The number of hydrogen-bond donors (Lipinski definition) is 3. The van der Waals surface area contributed by atoms with Gasteiger partial charge in [-0.2, -0.15) is 0 Å². The van der Waals surface area contributed by atoms with Crippen molar-refractivity contribution < 1.29 is 14.7 Å². The van der Waals surface area contributed by atoms with Crippen LogP contribution in [-0.2, 0) is 9.59 Å². The molecule has 1 rings (SSSR count). The molecule has 5 nitrogen and oxygen atoms in total. The fourth-order valence-electron chi connectivity index (χ4n) is 2.43. The third kappa shape index (κ3) is 6.05. The van der Waals surface area contributed by atoms with Crippen molar-refractivity contribution in [1.82, 2.24) is 10.6 Å². The zero-order valence-electron chi connectivity index (χ0n) is 11.9. The summed E-state index contributed by atoms with van der Waals surface area (Å²) >= 11 is 0. The molecule has 1 aliphatic carbocycles. The Morgan fingerprint density at radius 3 is 2.32 bits per heavy atom. The molecule has 0 saturated heterocycles. The molecule has 0 aliphatic heterocycles. The van der Waals surface area contributed by atoms with E-state index in [0.717, 1.165) is 25.7 Å². The van der Waals surface area contributed by atoms with E-state index in [9.17, 15) is 9.59 Å². The number of carbonyl (C=O) groups is 2. The number of aliphatic hydroxyl groups excluding tert-OH is 1. The molecule has 0 heterocycles. The molecule has 1 fully saturated rings. The van der Waals surface area contributed by atoms with Crippen molar-refractivity contribution in [3.05, 3.63) is 0 Å². The van der Waals surface area contributed by atoms with E-state index in [-0.39, 0.29) is 42.8 Å². The number of rotatable bonds is 6. The minimum absolute atomic E-state index is 0.0748. The summed E-state index contributed by atoms with van der Waals surface area (Å²) in [5.41, 5.74) is 0. The maximum Gasteiger partial charge on any atom is 0.223 e. The second-order valence-electron chi connectivity index (χ2n) is 5.60. The van der Waals surface area contributed by atoms with Gasteiger partial charge in [-0.25, -0.2) is 0 Å². The molecule has 1 aliphatic rings. The average molecular weight is 270 g/mol. The number of amides is 2. The smallest absolute Gasteiger partial charge is 0.223 e. The SMILES string of the molecule is CC(CO)NC(=O)CC(C)NC(=O)C1CCCCC1. The number of nitrogens with one attached hydrogen (secondary N) is 2. The highest BCUT2D eigenvalue weighted by Gasteiger charge is 2.22.